The molecule has 0 bridgehead atoms. The van der Waals surface area contributed by atoms with Gasteiger partial charge in [-0.15, -0.1) is 6.58 Å². The van der Waals surface area contributed by atoms with Crippen molar-refractivity contribution in [1.82, 2.24) is 10.2 Å². The first-order valence-corrected chi connectivity index (χ1v) is 6.18. The van der Waals surface area contributed by atoms with Gasteiger partial charge in [-0.05, 0) is 27.7 Å². The second-order valence-electron chi connectivity index (χ2n) is 5.41. The number of morpholine rings is 1. The zero-order chi connectivity index (χ0) is 12.2. The third kappa shape index (κ3) is 4.24. The number of rotatable bonds is 5. The Morgan fingerprint density at radius 1 is 1.62 bits per heavy atom. The van der Waals surface area contributed by atoms with Gasteiger partial charge in [-0.2, -0.15) is 0 Å². The molecule has 2 unspecified atom stereocenters. The van der Waals surface area contributed by atoms with E-state index in [4.69, 9.17) is 4.74 Å². The van der Waals surface area contributed by atoms with Crippen LogP contribution in [0.4, 0.5) is 0 Å². The fourth-order valence-electron chi connectivity index (χ4n) is 2.36. The van der Waals surface area contributed by atoms with Crippen LogP contribution < -0.4 is 5.32 Å². The van der Waals surface area contributed by atoms with Crippen LogP contribution in [-0.4, -0.2) is 48.8 Å². The first-order chi connectivity index (χ1) is 7.44. The molecule has 2 atom stereocenters. The Kier molecular flexibility index (Phi) is 4.96. The van der Waals surface area contributed by atoms with Crippen LogP contribution >= 0.6 is 0 Å². The molecule has 1 aliphatic heterocycles. The lowest BCUT2D eigenvalue weighted by molar-refractivity contribution is -0.136. The van der Waals surface area contributed by atoms with E-state index >= 15 is 0 Å². The second-order valence-corrected chi connectivity index (χ2v) is 5.41. The molecule has 0 aliphatic carbocycles. The summed E-state index contributed by atoms with van der Waals surface area (Å²) in [5.74, 6) is 0. The Morgan fingerprint density at radius 3 is 2.88 bits per heavy atom. The van der Waals surface area contributed by atoms with Crippen molar-refractivity contribution in [2.75, 3.05) is 26.2 Å². The van der Waals surface area contributed by atoms with Crippen LogP contribution in [-0.2, 0) is 4.74 Å². The molecule has 1 heterocycles. The quantitative estimate of drug-likeness (QED) is 0.570. The minimum atomic E-state index is -0.0234. The summed E-state index contributed by atoms with van der Waals surface area (Å²) in [5, 5.41) is 3.37. The molecule has 0 radical (unpaired) electrons. The van der Waals surface area contributed by atoms with Crippen LogP contribution in [0.1, 0.15) is 27.7 Å². The van der Waals surface area contributed by atoms with E-state index < -0.39 is 0 Å². The van der Waals surface area contributed by atoms with E-state index in [1.54, 1.807) is 0 Å². The number of ether oxygens (including phenoxy) is 1. The molecule has 0 aromatic heterocycles. The van der Waals surface area contributed by atoms with Crippen LogP contribution in [0.2, 0.25) is 0 Å². The molecule has 1 fully saturated rings. The topological polar surface area (TPSA) is 24.5 Å². The summed E-state index contributed by atoms with van der Waals surface area (Å²) < 4.78 is 5.90. The van der Waals surface area contributed by atoms with Gasteiger partial charge in [-0.3, -0.25) is 4.90 Å². The molecule has 0 aromatic carbocycles. The van der Waals surface area contributed by atoms with E-state index in [2.05, 4.69) is 44.5 Å². The standard InChI is InChI=1S/C13H26N2O/c1-6-7-14-8-11(2)15-9-12(3)16-13(4,5)10-15/h6,11-12,14H,1,7-10H2,2-5H3. The van der Waals surface area contributed by atoms with Crippen LogP contribution in [0.5, 0.6) is 0 Å². The molecule has 16 heavy (non-hydrogen) atoms. The average Bonchev–Trinajstić information content (AvgIpc) is 2.14. The first-order valence-electron chi connectivity index (χ1n) is 6.18. The highest BCUT2D eigenvalue weighted by atomic mass is 16.5. The Bertz CT molecular complexity index is 228. The van der Waals surface area contributed by atoms with Gasteiger partial charge in [0, 0.05) is 32.2 Å². The highest BCUT2D eigenvalue weighted by Crippen LogP contribution is 2.22. The summed E-state index contributed by atoms with van der Waals surface area (Å²) in [7, 11) is 0. The molecule has 1 aliphatic rings. The fourth-order valence-corrected chi connectivity index (χ4v) is 2.36. The molecule has 94 valence electrons. The molecule has 3 heteroatoms. The van der Waals surface area contributed by atoms with E-state index in [1.807, 2.05) is 6.08 Å². The zero-order valence-corrected chi connectivity index (χ0v) is 11.1. The van der Waals surface area contributed by atoms with E-state index in [1.165, 1.54) is 0 Å². The number of nitrogens with one attached hydrogen (secondary N) is 1. The van der Waals surface area contributed by atoms with Crippen molar-refractivity contribution in [1.29, 1.82) is 0 Å². The van der Waals surface area contributed by atoms with Crippen molar-refractivity contribution < 1.29 is 4.74 Å². The van der Waals surface area contributed by atoms with Crippen molar-refractivity contribution in [2.45, 2.75) is 45.4 Å². The van der Waals surface area contributed by atoms with Gasteiger partial charge in [0.2, 0.25) is 0 Å². The Balaban J connectivity index is 2.42. The van der Waals surface area contributed by atoms with Gasteiger partial charge in [0.15, 0.2) is 0 Å². The molecule has 0 aromatic rings. The van der Waals surface area contributed by atoms with Crippen molar-refractivity contribution >= 4 is 0 Å². The molecule has 3 nitrogen and oxygen atoms in total. The first kappa shape index (κ1) is 13.7. The SMILES string of the molecule is C=CCNCC(C)N1CC(C)OC(C)(C)C1. The molecule has 1 rings (SSSR count). The van der Waals surface area contributed by atoms with Crippen LogP contribution in [0, 0.1) is 0 Å². The maximum Gasteiger partial charge on any atom is 0.0757 e. The van der Waals surface area contributed by atoms with Gasteiger partial charge in [0.05, 0.1) is 11.7 Å². The predicted octanol–water partition coefficient (Wildman–Crippen LogP) is 1.65. The number of nitrogens with zero attached hydrogens (tertiary/aromatic N) is 1. The lowest BCUT2D eigenvalue weighted by Gasteiger charge is -2.44. The third-order valence-corrected chi connectivity index (χ3v) is 2.95. The summed E-state index contributed by atoms with van der Waals surface area (Å²) >= 11 is 0. The van der Waals surface area contributed by atoms with E-state index in [-0.39, 0.29) is 5.60 Å². The van der Waals surface area contributed by atoms with Crippen LogP contribution in [0.15, 0.2) is 12.7 Å². The predicted molar refractivity (Wildman–Crippen MR) is 68.7 cm³/mol. The van der Waals surface area contributed by atoms with Gasteiger partial charge in [0.1, 0.15) is 0 Å². The van der Waals surface area contributed by atoms with Gasteiger partial charge >= 0.3 is 0 Å². The van der Waals surface area contributed by atoms with Gasteiger partial charge < -0.3 is 10.1 Å². The Hall–Kier alpha value is -0.380. The van der Waals surface area contributed by atoms with Crippen molar-refractivity contribution in [3.8, 4) is 0 Å². The van der Waals surface area contributed by atoms with Gasteiger partial charge in [-0.1, -0.05) is 6.08 Å². The smallest absolute Gasteiger partial charge is 0.0757 e. The second kappa shape index (κ2) is 5.80. The molecular formula is C13H26N2O. The largest absolute Gasteiger partial charge is 0.370 e. The average molecular weight is 226 g/mol. The summed E-state index contributed by atoms with van der Waals surface area (Å²) in [6.07, 6.45) is 2.23. The van der Waals surface area contributed by atoms with Crippen molar-refractivity contribution in [3.63, 3.8) is 0 Å². The van der Waals surface area contributed by atoms with E-state index in [9.17, 15) is 0 Å². The molecule has 0 saturated carbocycles. The number of hydrogen-bond acceptors (Lipinski definition) is 3. The highest BCUT2D eigenvalue weighted by molar-refractivity contribution is 4.86. The van der Waals surface area contributed by atoms with Gasteiger partial charge in [-0.25, -0.2) is 0 Å². The Morgan fingerprint density at radius 2 is 2.31 bits per heavy atom. The molecular weight excluding hydrogens is 200 g/mol. The van der Waals surface area contributed by atoms with Crippen molar-refractivity contribution in [3.05, 3.63) is 12.7 Å². The Labute approximate surface area is 99.8 Å². The molecule has 0 amide bonds. The minimum absolute atomic E-state index is 0.0234. The summed E-state index contributed by atoms with van der Waals surface area (Å²) in [4.78, 5) is 2.50. The van der Waals surface area contributed by atoms with Crippen LogP contribution in [0.3, 0.4) is 0 Å². The maximum atomic E-state index is 5.90. The number of hydrogen-bond donors (Lipinski definition) is 1. The summed E-state index contributed by atoms with van der Waals surface area (Å²) in [5.41, 5.74) is -0.0234. The molecule has 0 spiro atoms. The van der Waals surface area contributed by atoms with E-state index in [0.29, 0.717) is 12.1 Å². The monoisotopic (exact) mass is 226 g/mol. The maximum absolute atomic E-state index is 5.90. The van der Waals surface area contributed by atoms with E-state index in [0.717, 1.165) is 26.2 Å². The minimum Gasteiger partial charge on any atom is -0.370 e. The van der Waals surface area contributed by atoms with Gasteiger partial charge in [0.25, 0.3) is 0 Å². The normalized spacial score (nSPS) is 27.6. The lowest BCUT2D eigenvalue weighted by atomic mass is 10.0. The molecule has 1 saturated heterocycles. The highest BCUT2D eigenvalue weighted by Gasteiger charge is 2.33. The van der Waals surface area contributed by atoms with Crippen molar-refractivity contribution in [2.24, 2.45) is 0 Å². The zero-order valence-electron chi connectivity index (χ0n) is 11.1. The summed E-state index contributed by atoms with van der Waals surface area (Å²) in [6.45, 7) is 16.4. The lowest BCUT2D eigenvalue weighted by Crippen LogP contribution is -2.56. The third-order valence-electron chi connectivity index (χ3n) is 2.95. The van der Waals surface area contributed by atoms with Crippen LogP contribution in [0.25, 0.3) is 0 Å². The molecule has 1 N–H and O–H groups in total. The fraction of sp³-hybridized carbons (Fsp3) is 0.846. The summed E-state index contributed by atoms with van der Waals surface area (Å²) in [6, 6.07) is 0.547.